The summed E-state index contributed by atoms with van der Waals surface area (Å²) in [4.78, 5) is 0. The second-order valence-electron chi connectivity index (χ2n) is 6.20. The van der Waals surface area contributed by atoms with Gasteiger partial charge < -0.3 is 14.6 Å². The molecule has 134 valence electrons. The quantitative estimate of drug-likeness (QED) is 0.637. The molecule has 1 N–H and O–H groups in total. The molecule has 0 unspecified atom stereocenters. The summed E-state index contributed by atoms with van der Waals surface area (Å²) in [6.45, 7) is 8.09. The summed E-state index contributed by atoms with van der Waals surface area (Å²) < 4.78 is 11.1. The summed E-state index contributed by atoms with van der Waals surface area (Å²) in [6.07, 6.45) is 7.12. The maximum atomic E-state index is 9.69. The van der Waals surface area contributed by atoms with Crippen LogP contribution >= 0.6 is 11.6 Å². The maximum Gasteiger partial charge on any atom is 0.144 e. The van der Waals surface area contributed by atoms with Crippen LogP contribution in [0.15, 0.2) is 23.3 Å². The summed E-state index contributed by atoms with van der Waals surface area (Å²) in [7, 11) is 3.21. The number of methoxy groups -OCH3 is 2. The molecule has 1 aromatic carbocycles. The third-order valence-electron chi connectivity index (χ3n) is 4.12. The molecule has 3 nitrogen and oxygen atoms in total. The zero-order valence-corrected chi connectivity index (χ0v) is 16.4. The van der Waals surface area contributed by atoms with Crippen LogP contribution in [0.4, 0.5) is 0 Å². The molecule has 0 amide bonds. The van der Waals surface area contributed by atoms with Gasteiger partial charge in [0.25, 0.3) is 0 Å². The van der Waals surface area contributed by atoms with Gasteiger partial charge in [-0.1, -0.05) is 34.9 Å². The van der Waals surface area contributed by atoms with Crippen LogP contribution in [0.5, 0.6) is 11.5 Å². The van der Waals surface area contributed by atoms with Gasteiger partial charge in [-0.05, 0) is 52.5 Å². The van der Waals surface area contributed by atoms with Gasteiger partial charge in [0.05, 0.1) is 25.8 Å². The molecule has 0 bridgehead atoms. The van der Waals surface area contributed by atoms with Gasteiger partial charge in [-0.2, -0.15) is 0 Å². The predicted octanol–water partition coefficient (Wildman–Crippen LogP) is 5.39. The zero-order valence-electron chi connectivity index (χ0n) is 15.6. The largest absolute Gasteiger partial charge is 0.496 e. The van der Waals surface area contributed by atoms with E-state index in [-0.39, 0.29) is 6.61 Å². The van der Waals surface area contributed by atoms with Gasteiger partial charge in [0.15, 0.2) is 0 Å². The van der Waals surface area contributed by atoms with E-state index < -0.39 is 0 Å². The van der Waals surface area contributed by atoms with Crippen molar-refractivity contribution in [2.45, 2.75) is 53.6 Å². The number of benzene rings is 1. The van der Waals surface area contributed by atoms with E-state index in [1.54, 1.807) is 14.2 Å². The smallest absolute Gasteiger partial charge is 0.144 e. The van der Waals surface area contributed by atoms with Crippen LogP contribution in [0.3, 0.4) is 0 Å². The van der Waals surface area contributed by atoms with Crippen molar-refractivity contribution in [3.8, 4) is 11.5 Å². The minimum atomic E-state index is -0.116. The van der Waals surface area contributed by atoms with Crippen molar-refractivity contribution < 1.29 is 14.6 Å². The van der Waals surface area contributed by atoms with Gasteiger partial charge in [0.2, 0.25) is 0 Å². The number of halogens is 1. The number of rotatable bonds is 8. The molecule has 1 rings (SSSR count). The van der Waals surface area contributed by atoms with E-state index in [9.17, 15) is 5.11 Å². The molecule has 0 aromatic heterocycles. The van der Waals surface area contributed by atoms with E-state index in [4.69, 9.17) is 21.1 Å². The van der Waals surface area contributed by atoms with Crippen LogP contribution in [-0.4, -0.2) is 19.3 Å². The van der Waals surface area contributed by atoms with E-state index in [0.717, 1.165) is 24.0 Å². The minimum absolute atomic E-state index is 0.116. The molecule has 0 radical (unpaired) electrons. The first-order valence-electron chi connectivity index (χ1n) is 8.18. The number of ether oxygens (including phenoxy) is 2. The third kappa shape index (κ3) is 5.02. The number of hydrogen-bond acceptors (Lipinski definition) is 3. The van der Waals surface area contributed by atoms with Crippen molar-refractivity contribution in [3.63, 3.8) is 0 Å². The summed E-state index contributed by atoms with van der Waals surface area (Å²) in [6, 6.07) is 0. The Labute approximate surface area is 150 Å². The van der Waals surface area contributed by atoms with Crippen LogP contribution in [-0.2, 0) is 13.0 Å². The molecule has 0 spiro atoms. The first kappa shape index (κ1) is 20.6. The molecule has 0 saturated heterocycles. The normalized spacial score (nSPS) is 11.4. The van der Waals surface area contributed by atoms with Crippen molar-refractivity contribution >= 4 is 11.6 Å². The molecule has 1 aromatic rings. The Morgan fingerprint density at radius 2 is 1.67 bits per heavy atom. The van der Waals surface area contributed by atoms with Gasteiger partial charge in [-0.15, -0.1) is 0 Å². The summed E-state index contributed by atoms with van der Waals surface area (Å²) in [5.41, 5.74) is 5.03. The Hall–Kier alpha value is -1.45. The maximum absolute atomic E-state index is 9.69. The molecule has 0 aliphatic rings. The highest BCUT2D eigenvalue weighted by Gasteiger charge is 2.21. The topological polar surface area (TPSA) is 38.7 Å². The fraction of sp³-hybridized carbons (Fsp3) is 0.500. The summed E-state index contributed by atoms with van der Waals surface area (Å²) >= 11 is 6.43. The van der Waals surface area contributed by atoms with E-state index >= 15 is 0 Å². The van der Waals surface area contributed by atoms with Crippen LogP contribution in [0.2, 0.25) is 5.02 Å². The molecule has 0 heterocycles. The van der Waals surface area contributed by atoms with E-state index in [0.29, 0.717) is 28.5 Å². The molecular weight excluding hydrogens is 324 g/mol. The number of hydrogen-bond donors (Lipinski definition) is 1. The van der Waals surface area contributed by atoms with Gasteiger partial charge >= 0.3 is 0 Å². The predicted molar refractivity (Wildman–Crippen MR) is 101 cm³/mol. The zero-order chi connectivity index (χ0) is 18.3. The molecule has 24 heavy (non-hydrogen) atoms. The Balaban J connectivity index is 3.18. The molecule has 0 aliphatic carbocycles. The Bertz CT molecular complexity index is 627. The lowest BCUT2D eigenvalue weighted by Gasteiger charge is -2.19. The van der Waals surface area contributed by atoms with Crippen LogP contribution in [0.25, 0.3) is 0 Å². The van der Waals surface area contributed by atoms with Crippen molar-refractivity contribution in [2.75, 3.05) is 14.2 Å². The summed E-state index contributed by atoms with van der Waals surface area (Å²) in [5.74, 6) is 1.28. The van der Waals surface area contributed by atoms with E-state index in [1.807, 2.05) is 6.92 Å². The van der Waals surface area contributed by atoms with Crippen LogP contribution < -0.4 is 9.47 Å². The van der Waals surface area contributed by atoms with Crippen molar-refractivity contribution in [2.24, 2.45) is 0 Å². The molecule has 0 aliphatic heterocycles. The minimum Gasteiger partial charge on any atom is -0.496 e. The molecule has 0 atom stereocenters. The monoisotopic (exact) mass is 352 g/mol. The highest BCUT2D eigenvalue weighted by atomic mass is 35.5. The van der Waals surface area contributed by atoms with Gasteiger partial charge in [0.1, 0.15) is 11.5 Å². The average Bonchev–Trinajstić information content (AvgIpc) is 2.54. The second kappa shape index (κ2) is 9.75. The molecule has 4 heteroatoms. The SMILES string of the molecule is COc1c(Cl)c(C)c(CO)c(OC)c1C/C=C(\C)CCC=C(C)C. The van der Waals surface area contributed by atoms with Crippen LogP contribution in [0.1, 0.15) is 50.3 Å². The lowest BCUT2D eigenvalue weighted by Crippen LogP contribution is -2.04. The number of allylic oxidation sites excluding steroid dienone is 4. The van der Waals surface area contributed by atoms with Gasteiger partial charge in [0, 0.05) is 11.1 Å². The molecule has 0 fully saturated rings. The number of aliphatic hydroxyl groups excluding tert-OH is 1. The standard InChI is InChI=1S/C20H29ClO3/c1-13(2)8-7-9-14(3)10-11-16-19(23-5)17(12-22)15(4)18(21)20(16)24-6/h8,10,22H,7,9,11-12H2,1-6H3/b14-10+. The highest BCUT2D eigenvalue weighted by molar-refractivity contribution is 6.33. The first-order valence-corrected chi connectivity index (χ1v) is 8.56. The first-order chi connectivity index (χ1) is 11.4. The fourth-order valence-electron chi connectivity index (χ4n) is 2.69. The van der Waals surface area contributed by atoms with Crippen molar-refractivity contribution in [3.05, 3.63) is 45.0 Å². The van der Waals surface area contributed by atoms with Gasteiger partial charge in [-0.25, -0.2) is 0 Å². The van der Waals surface area contributed by atoms with Gasteiger partial charge in [-0.3, -0.25) is 0 Å². The Morgan fingerprint density at radius 3 is 2.17 bits per heavy atom. The Morgan fingerprint density at radius 1 is 1.04 bits per heavy atom. The lowest BCUT2D eigenvalue weighted by molar-refractivity contribution is 0.271. The van der Waals surface area contributed by atoms with Crippen molar-refractivity contribution in [1.82, 2.24) is 0 Å². The number of aliphatic hydroxyl groups is 1. The highest BCUT2D eigenvalue weighted by Crippen LogP contribution is 2.42. The second-order valence-corrected chi connectivity index (χ2v) is 6.57. The third-order valence-corrected chi connectivity index (χ3v) is 4.57. The fourth-order valence-corrected chi connectivity index (χ4v) is 3.00. The van der Waals surface area contributed by atoms with E-state index in [1.165, 1.54) is 11.1 Å². The van der Waals surface area contributed by atoms with Crippen molar-refractivity contribution in [1.29, 1.82) is 0 Å². The average molecular weight is 353 g/mol. The Kier molecular flexibility index (Phi) is 8.37. The van der Waals surface area contributed by atoms with Crippen LogP contribution in [0, 0.1) is 6.92 Å². The van der Waals surface area contributed by atoms with E-state index in [2.05, 4.69) is 32.9 Å². The lowest BCUT2D eigenvalue weighted by atomic mass is 9.98. The molecule has 0 saturated carbocycles. The molecular formula is C20H29ClO3. The summed E-state index contributed by atoms with van der Waals surface area (Å²) in [5, 5.41) is 10.2.